The zero-order valence-corrected chi connectivity index (χ0v) is 10.8. The predicted molar refractivity (Wildman–Crippen MR) is 72.3 cm³/mol. The van der Waals surface area contributed by atoms with E-state index in [1.54, 1.807) is 36.7 Å². The van der Waals surface area contributed by atoms with Crippen LogP contribution in [0, 0.1) is 0 Å². The molecule has 0 aliphatic carbocycles. The Morgan fingerprint density at radius 1 is 1.10 bits per heavy atom. The smallest absolute Gasteiger partial charge is 0.375 e. The number of anilines is 1. The first-order valence-corrected chi connectivity index (χ1v) is 6.44. The first-order valence-electron chi connectivity index (χ1n) is 5.63. The molecule has 0 saturated carbocycles. The van der Waals surface area contributed by atoms with Crippen LogP contribution in [0.5, 0.6) is 0 Å². The SMILES string of the molecule is Nc1nc(C(F)(F)F)c(-c2ccc3cnccc3c2)s1. The van der Waals surface area contributed by atoms with Gasteiger partial charge in [-0.05, 0) is 23.1 Å². The number of halogens is 3. The lowest BCUT2D eigenvalue weighted by Crippen LogP contribution is -2.07. The van der Waals surface area contributed by atoms with Crippen molar-refractivity contribution in [1.29, 1.82) is 0 Å². The maximum atomic E-state index is 12.9. The molecular weight excluding hydrogens is 287 g/mol. The molecule has 3 aromatic rings. The van der Waals surface area contributed by atoms with Crippen LogP contribution in [0.4, 0.5) is 18.3 Å². The summed E-state index contributed by atoms with van der Waals surface area (Å²) in [5.74, 6) is 0. The van der Waals surface area contributed by atoms with E-state index in [2.05, 4.69) is 9.97 Å². The molecule has 3 rings (SSSR count). The molecule has 2 heterocycles. The van der Waals surface area contributed by atoms with Crippen LogP contribution in [-0.2, 0) is 6.18 Å². The summed E-state index contributed by atoms with van der Waals surface area (Å²) in [4.78, 5) is 7.40. The van der Waals surface area contributed by atoms with Crippen molar-refractivity contribution in [3.8, 4) is 10.4 Å². The Labute approximate surface area is 115 Å². The molecule has 0 unspecified atom stereocenters. The van der Waals surface area contributed by atoms with E-state index < -0.39 is 11.9 Å². The lowest BCUT2D eigenvalue weighted by Gasteiger charge is -2.07. The Kier molecular flexibility index (Phi) is 2.86. The molecular formula is C13H8F3N3S. The van der Waals surface area contributed by atoms with Crippen molar-refractivity contribution >= 4 is 27.2 Å². The van der Waals surface area contributed by atoms with Crippen molar-refractivity contribution in [2.75, 3.05) is 5.73 Å². The third kappa shape index (κ3) is 2.20. The van der Waals surface area contributed by atoms with E-state index in [-0.39, 0.29) is 10.0 Å². The van der Waals surface area contributed by atoms with Gasteiger partial charge in [0, 0.05) is 17.8 Å². The van der Waals surface area contributed by atoms with Gasteiger partial charge in [0.15, 0.2) is 10.8 Å². The number of hydrogen-bond donors (Lipinski definition) is 1. The molecule has 0 amide bonds. The molecule has 102 valence electrons. The quantitative estimate of drug-likeness (QED) is 0.739. The molecule has 20 heavy (non-hydrogen) atoms. The van der Waals surface area contributed by atoms with Crippen LogP contribution in [0.25, 0.3) is 21.2 Å². The minimum absolute atomic E-state index is 0.0358. The molecule has 0 saturated heterocycles. The number of hydrogen-bond acceptors (Lipinski definition) is 4. The molecule has 3 nitrogen and oxygen atoms in total. The van der Waals surface area contributed by atoms with Gasteiger partial charge in [-0.2, -0.15) is 13.2 Å². The Morgan fingerprint density at radius 2 is 1.90 bits per heavy atom. The standard InChI is InChI=1S/C13H8F3N3S/c14-13(15,16)11-10(20-12(17)19-11)8-1-2-9-6-18-4-3-7(9)5-8/h1-6H,(H2,17,19). The second kappa shape index (κ2) is 4.45. The number of thiazole rings is 1. The van der Waals surface area contributed by atoms with E-state index >= 15 is 0 Å². The van der Waals surface area contributed by atoms with E-state index in [1.165, 1.54) is 0 Å². The van der Waals surface area contributed by atoms with E-state index in [4.69, 9.17) is 5.73 Å². The van der Waals surface area contributed by atoms with E-state index in [0.29, 0.717) is 5.56 Å². The van der Waals surface area contributed by atoms with Gasteiger partial charge in [0.25, 0.3) is 0 Å². The van der Waals surface area contributed by atoms with Crippen molar-refractivity contribution in [2.45, 2.75) is 6.18 Å². The Balaban J connectivity index is 2.20. The highest BCUT2D eigenvalue weighted by Gasteiger charge is 2.37. The maximum absolute atomic E-state index is 12.9. The van der Waals surface area contributed by atoms with Gasteiger partial charge in [0.1, 0.15) is 0 Å². The number of aromatic nitrogens is 2. The largest absolute Gasteiger partial charge is 0.434 e. The summed E-state index contributed by atoms with van der Waals surface area (Å²) >= 11 is 0.834. The van der Waals surface area contributed by atoms with Gasteiger partial charge in [0.2, 0.25) is 0 Å². The molecule has 2 N–H and O–H groups in total. The first kappa shape index (κ1) is 12.9. The van der Waals surface area contributed by atoms with Crippen molar-refractivity contribution in [2.24, 2.45) is 0 Å². The highest BCUT2D eigenvalue weighted by Crippen LogP contribution is 2.41. The molecule has 0 fully saturated rings. The summed E-state index contributed by atoms with van der Waals surface area (Å²) < 4.78 is 38.8. The molecule has 0 atom stereocenters. The van der Waals surface area contributed by atoms with Crippen LogP contribution in [0.1, 0.15) is 5.69 Å². The highest BCUT2D eigenvalue weighted by atomic mass is 32.1. The van der Waals surface area contributed by atoms with Crippen molar-refractivity contribution < 1.29 is 13.2 Å². The molecule has 7 heteroatoms. The monoisotopic (exact) mass is 295 g/mol. The molecule has 0 spiro atoms. The molecule has 0 radical (unpaired) electrons. The summed E-state index contributed by atoms with van der Waals surface area (Å²) in [7, 11) is 0. The van der Waals surface area contributed by atoms with Crippen LogP contribution in [0.2, 0.25) is 0 Å². The molecule has 0 bridgehead atoms. The van der Waals surface area contributed by atoms with Crippen molar-refractivity contribution in [1.82, 2.24) is 9.97 Å². The van der Waals surface area contributed by atoms with Crippen LogP contribution >= 0.6 is 11.3 Å². The fourth-order valence-corrected chi connectivity index (χ4v) is 2.80. The summed E-state index contributed by atoms with van der Waals surface area (Å²) in [6.45, 7) is 0. The number of alkyl halides is 3. The zero-order valence-electron chi connectivity index (χ0n) is 9.98. The number of rotatable bonds is 1. The van der Waals surface area contributed by atoms with E-state index in [1.807, 2.05) is 0 Å². The minimum Gasteiger partial charge on any atom is -0.375 e. The van der Waals surface area contributed by atoms with Gasteiger partial charge in [-0.25, -0.2) is 4.98 Å². The van der Waals surface area contributed by atoms with Crippen molar-refractivity contribution in [3.05, 3.63) is 42.4 Å². The lowest BCUT2D eigenvalue weighted by molar-refractivity contribution is -0.140. The number of nitrogen functional groups attached to an aromatic ring is 1. The van der Waals surface area contributed by atoms with Gasteiger partial charge in [-0.3, -0.25) is 4.98 Å². The Morgan fingerprint density at radius 3 is 2.65 bits per heavy atom. The highest BCUT2D eigenvalue weighted by molar-refractivity contribution is 7.18. The second-order valence-corrected chi connectivity index (χ2v) is 5.20. The molecule has 0 aliphatic heterocycles. The van der Waals surface area contributed by atoms with Gasteiger partial charge in [-0.1, -0.05) is 23.5 Å². The lowest BCUT2D eigenvalue weighted by atomic mass is 10.1. The average Bonchev–Trinajstić information content (AvgIpc) is 2.80. The summed E-state index contributed by atoms with van der Waals surface area (Å²) in [5, 5.41) is 1.59. The topological polar surface area (TPSA) is 51.8 Å². The number of nitrogens with zero attached hydrogens (tertiary/aromatic N) is 2. The van der Waals surface area contributed by atoms with Crippen LogP contribution in [-0.4, -0.2) is 9.97 Å². The Hall–Kier alpha value is -2.15. The van der Waals surface area contributed by atoms with E-state index in [0.717, 1.165) is 22.1 Å². The molecule has 1 aromatic carbocycles. The average molecular weight is 295 g/mol. The summed E-state index contributed by atoms with van der Waals surface area (Å²) in [6, 6.07) is 6.77. The molecule has 0 aliphatic rings. The van der Waals surface area contributed by atoms with Gasteiger partial charge in [-0.15, -0.1) is 0 Å². The summed E-state index contributed by atoms with van der Waals surface area (Å²) in [5.41, 5.74) is 4.94. The Bertz CT molecular complexity index is 780. The predicted octanol–water partition coefficient (Wildman–Crippen LogP) is 3.96. The van der Waals surface area contributed by atoms with Crippen molar-refractivity contribution in [3.63, 3.8) is 0 Å². The second-order valence-electron chi connectivity index (χ2n) is 4.17. The fourth-order valence-electron chi connectivity index (χ4n) is 1.95. The van der Waals surface area contributed by atoms with Crippen LogP contribution in [0.15, 0.2) is 36.7 Å². The third-order valence-electron chi connectivity index (χ3n) is 2.81. The van der Waals surface area contributed by atoms with Crippen LogP contribution in [0.3, 0.4) is 0 Å². The fraction of sp³-hybridized carbons (Fsp3) is 0.0769. The first-order chi connectivity index (χ1) is 9.45. The molecule has 2 aromatic heterocycles. The normalized spacial score (nSPS) is 11.9. The number of benzene rings is 1. The van der Waals surface area contributed by atoms with Gasteiger partial charge < -0.3 is 5.73 Å². The third-order valence-corrected chi connectivity index (χ3v) is 3.75. The van der Waals surface area contributed by atoms with Gasteiger partial charge in [0.05, 0.1) is 4.88 Å². The zero-order chi connectivity index (χ0) is 14.3. The number of pyridine rings is 1. The van der Waals surface area contributed by atoms with E-state index in [9.17, 15) is 13.2 Å². The van der Waals surface area contributed by atoms with Gasteiger partial charge >= 0.3 is 6.18 Å². The summed E-state index contributed by atoms with van der Waals surface area (Å²) in [6.07, 6.45) is -1.26. The van der Waals surface area contributed by atoms with Crippen LogP contribution < -0.4 is 5.73 Å². The number of fused-ring (bicyclic) bond motifs is 1. The number of nitrogens with two attached hydrogens (primary N) is 1. The minimum atomic E-state index is -4.52. The maximum Gasteiger partial charge on any atom is 0.434 e.